The van der Waals surface area contributed by atoms with Crippen LogP contribution in [0.3, 0.4) is 0 Å². The van der Waals surface area contributed by atoms with E-state index in [1.807, 2.05) is 0 Å². The second-order valence-corrected chi connectivity index (χ2v) is 3.24. The molecule has 0 aliphatic heterocycles. The number of hydrogen-bond donors (Lipinski definition) is 1. The fraction of sp³-hybridized carbons (Fsp3) is 0.286. The largest absolute Gasteiger partial charge is 0.465 e. The highest BCUT2D eigenvalue weighted by molar-refractivity contribution is 7.17. The van der Waals surface area contributed by atoms with Crippen molar-refractivity contribution in [2.24, 2.45) is 0 Å². The Morgan fingerprint density at radius 2 is 1.86 bits per heavy atom. The van der Waals surface area contributed by atoms with E-state index < -0.39 is 11.9 Å². The fourth-order valence-corrected chi connectivity index (χ4v) is 1.54. The Hall–Kier alpha value is -1.63. The number of methoxy groups -OCH3 is 2. The summed E-state index contributed by atoms with van der Waals surface area (Å²) in [7, 11) is 2.40. The smallest absolute Gasteiger partial charge is 0.358 e. The van der Waals surface area contributed by atoms with Crippen molar-refractivity contribution in [3.8, 4) is 0 Å². The molecule has 0 aliphatic carbocycles. The minimum atomic E-state index is -0.710. The Kier molecular flexibility index (Phi) is 3.03. The van der Waals surface area contributed by atoms with Gasteiger partial charge in [0.05, 0.1) is 14.2 Å². The van der Waals surface area contributed by atoms with Crippen LogP contribution in [-0.4, -0.2) is 31.1 Å². The number of nitrogens with two attached hydrogens (primary N) is 1. The number of ether oxygens (including phenoxy) is 2. The first-order chi connectivity index (χ1) is 6.60. The van der Waals surface area contributed by atoms with E-state index in [0.29, 0.717) is 0 Å². The third-order valence-electron chi connectivity index (χ3n) is 1.39. The number of carbonyl (C=O) groups excluding carboxylic acids is 2. The predicted octanol–water partition coefficient (Wildman–Crippen LogP) is 0.299. The number of rotatable bonds is 2. The van der Waals surface area contributed by atoms with Crippen LogP contribution in [0.25, 0.3) is 0 Å². The maximum absolute atomic E-state index is 11.2. The Balaban J connectivity index is 3.15. The van der Waals surface area contributed by atoms with Crippen molar-refractivity contribution < 1.29 is 19.1 Å². The molecular formula is C7H8N2O4S. The summed E-state index contributed by atoms with van der Waals surface area (Å²) < 4.78 is 8.88. The molecule has 76 valence electrons. The van der Waals surface area contributed by atoms with Crippen molar-refractivity contribution in [3.63, 3.8) is 0 Å². The predicted molar refractivity (Wildman–Crippen MR) is 49.2 cm³/mol. The molecule has 1 aromatic rings. The maximum Gasteiger partial charge on any atom is 0.358 e. The molecule has 2 N–H and O–H groups in total. The molecule has 6 nitrogen and oxygen atoms in total. The van der Waals surface area contributed by atoms with Gasteiger partial charge in [0.15, 0.2) is 10.8 Å². The van der Waals surface area contributed by atoms with Gasteiger partial charge in [-0.2, -0.15) is 0 Å². The Morgan fingerprint density at radius 1 is 1.29 bits per heavy atom. The summed E-state index contributed by atoms with van der Waals surface area (Å²) in [5.74, 6) is -1.36. The summed E-state index contributed by atoms with van der Waals surface area (Å²) in [4.78, 5) is 26.0. The van der Waals surface area contributed by atoms with E-state index in [1.54, 1.807) is 0 Å². The Morgan fingerprint density at radius 3 is 2.36 bits per heavy atom. The van der Waals surface area contributed by atoms with Gasteiger partial charge in [0.25, 0.3) is 0 Å². The van der Waals surface area contributed by atoms with Crippen LogP contribution in [0.4, 0.5) is 5.13 Å². The summed E-state index contributed by atoms with van der Waals surface area (Å²) in [6.07, 6.45) is 0. The quantitative estimate of drug-likeness (QED) is 0.715. The lowest BCUT2D eigenvalue weighted by Gasteiger charge is -1.97. The molecule has 14 heavy (non-hydrogen) atoms. The van der Waals surface area contributed by atoms with Gasteiger partial charge in [0.2, 0.25) is 0 Å². The van der Waals surface area contributed by atoms with Gasteiger partial charge in [-0.15, -0.1) is 0 Å². The third-order valence-corrected chi connectivity index (χ3v) is 2.26. The molecule has 1 heterocycles. The molecule has 0 radical (unpaired) electrons. The number of hydrogen-bond acceptors (Lipinski definition) is 7. The van der Waals surface area contributed by atoms with Crippen LogP contribution in [-0.2, 0) is 9.47 Å². The van der Waals surface area contributed by atoms with E-state index in [4.69, 9.17) is 5.73 Å². The molecule has 0 aliphatic rings. The van der Waals surface area contributed by atoms with Crippen LogP contribution in [0.5, 0.6) is 0 Å². The first-order valence-corrected chi connectivity index (χ1v) is 4.34. The average molecular weight is 216 g/mol. The van der Waals surface area contributed by atoms with Crippen LogP contribution < -0.4 is 5.73 Å². The zero-order valence-electron chi connectivity index (χ0n) is 7.57. The van der Waals surface area contributed by atoms with E-state index >= 15 is 0 Å². The maximum atomic E-state index is 11.2. The molecule has 0 saturated heterocycles. The molecule has 0 saturated carbocycles. The zero-order valence-corrected chi connectivity index (χ0v) is 8.38. The number of aromatic nitrogens is 1. The van der Waals surface area contributed by atoms with E-state index in [2.05, 4.69) is 14.5 Å². The van der Waals surface area contributed by atoms with Crippen LogP contribution in [0.1, 0.15) is 20.2 Å². The standard InChI is InChI=1S/C7H8N2O4S/c1-12-5(10)3-4(6(11)13-2)14-7(8)9-3/h1-2H3,(H2,8,9). The molecular weight excluding hydrogens is 208 g/mol. The molecule has 0 spiro atoms. The molecule has 0 unspecified atom stereocenters. The number of nitrogen functional groups attached to an aromatic ring is 1. The number of esters is 2. The van der Waals surface area contributed by atoms with Crippen LogP contribution in [0.2, 0.25) is 0 Å². The van der Waals surface area contributed by atoms with Gasteiger partial charge in [-0.1, -0.05) is 11.3 Å². The molecule has 0 aromatic carbocycles. The van der Waals surface area contributed by atoms with Gasteiger partial charge in [-0.05, 0) is 0 Å². The van der Waals surface area contributed by atoms with Crippen molar-refractivity contribution in [2.45, 2.75) is 0 Å². The summed E-state index contributed by atoms with van der Waals surface area (Å²) in [5.41, 5.74) is 5.25. The van der Waals surface area contributed by atoms with Gasteiger partial charge in [0.1, 0.15) is 4.88 Å². The molecule has 1 aromatic heterocycles. The second-order valence-electron chi connectivity index (χ2n) is 2.21. The van der Waals surface area contributed by atoms with Crippen molar-refractivity contribution in [1.29, 1.82) is 0 Å². The van der Waals surface area contributed by atoms with Crippen molar-refractivity contribution in [1.82, 2.24) is 4.98 Å². The minimum absolute atomic E-state index is 0.0526. The minimum Gasteiger partial charge on any atom is -0.465 e. The highest BCUT2D eigenvalue weighted by Gasteiger charge is 2.23. The summed E-state index contributed by atoms with van der Waals surface area (Å²) in [5, 5.41) is 0.116. The van der Waals surface area contributed by atoms with Crippen LogP contribution >= 0.6 is 11.3 Å². The van der Waals surface area contributed by atoms with E-state index in [1.165, 1.54) is 14.2 Å². The Bertz CT molecular complexity index is 340. The van der Waals surface area contributed by atoms with Crippen molar-refractivity contribution in [2.75, 3.05) is 20.0 Å². The fourth-order valence-electron chi connectivity index (χ4n) is 0.803. The van der Waals surface area contributed by atoms with Gasteiger partial charge in [0, 0.05) is 0 Å². The number of anilines is 1. The van der Waals surface area contributed by atoms with Crippen LogP contribution in [0.15, 0.2) is 0 Å². The lowest BCUT2D eigenvalue weighted by Crippen LogP contribution is -2.09. The SMILES string of the molecule is COC(=O)c1nc(N)sc1C(=O)OC. The van der Waals surface area contributed by atoms with E-state index in [-0.39, 0.29) is 15.7 Å². The first kappa shape index (κ1) is 10.5. The average Bonchev–Trinajstić information content (AvgIpc) is 2.58. The Labute approximate surface area is 83.6 Å². The molecule has 7 heteroatoms. The molecule has 0 atom stereocenters. The van der Waals surface area contributed by atoms with E-state index in [0.717, 1.165) is 11.3 Å². The molecule has 0 amide bonds. The lowest BCUT2D eigenvalue weighted by atomic mass is 10.3. The number of carbonyl (C=O) groups is 2. The second kappa shape index (κ2) is 4.05. The third kappa shape index (κ3) is 1.82. The summed E-state index contributed by atoms with van der Waals surface area (Å²) in [6, 6.07) is 0. The first-order valence-electron chi connectivity index (χ1n) is 3.53. The monoisotopic (exact) mass is 216 g/mol. The zero-order chi connectivity index (χ0) is 10.7. The normalized spacial score (nSPS) is 9.57. The molecule has 0 fully saturated rings. The van der Waals surface area contributed by atoms with Crippen molar-refractivity contribution >= 4 is 28.4 Å². The van der Waals surface area contributed by atoms with E-state index in [9.17, 15) is 9.59 Å². The highest BCUT2D eigenvalue weighted by Crippen LogP contribution is 2.21. The van der Waals surface area contributed by atoms with Gasteiger partial charge in [-0.3, -0.25) is 0 Å². The number of nitrogens with zero attached hydrogens (tertiary/aromatic N) is 1. The van der Waals surface area contributed by atoms with Gasteiger partial charge < -0.3 is 15.2 Å². The van der Waals surface area contributed by atoms with Crippen molar-refractivity contribution in [3.05, 3.63) is 10.6 Å². The van der Waals surface area contributed by atoms with Gasteiger partial charge >= 0.3 is 11.9 Å². The lowest BCUT2D eigenvalue weighted by molar-refractivity contribution is 0.0555. The highest BCUT2D eigenvalue weighted by atomic mass is 32.1. The topological polar surface area (TPSA) is 91.5 Å². The molecule has 0 bridgehead atoms. The summed E-state index contributed by atoms with van der Waals surface area (Å²) >= 11 is 0.882. The molecule has 1 rings (SSSR count). The van der Waals surface area contributed by atoms with Gasteiger partial charge in [-0.25, -0.2) is 14.6 Å². The summed E-state index contributed by atoms with van der Waals surface area (Å²) in [6.45, 7) is 0. The van der Waals surface area contributed by atoms with Crippen LogP contribution in [0, 0.1) is 0 Å². The number of thiazole rings is 1.